The number of nitriles is 1. The van der Waals surface area contributed by atoms with Gasteiger partial charge >= 0.3 is 6.18 Å². The normalized spacial score (nSPS) is 11.2. The molecule has 0 unspecified atom stereocenters. The maximum Gasteiger partial charge on any atom is 0.406 e. The zero-order valence-corrected chi connectivity index (χ0v) is 17.9. The third kappa shape index (κ3) is 6.15. The fraction of sp³-hybridized carbons (Fsp3) is 0.190. The van der Waals surface area contributed by atoms with Crippen molar-refractivity contribution in [3.05, 3.63) is 75.2 Å². The predicted molar refractivity (Wildman–Crippen MR) is 112 cm³/mol. The maximum atomic E-state index is 13.0. The first-order chi connectivity index (χ1) is 14.2. The minimum Gasteiger partial charge on any atom is -0.329 e. The molecule has 4 nitrogen and oxygen atoms in total. The van der Waals surface area contributed by atoms with E-state index in [0.717, 1.165) is 14.9 Å². The predicted octanol–water partition coefficient (Wildman–Crippen LogP) is 5.58. The third-order valence-corrected chi connectivity index (χ3v) is 5.57. The number of benzene rings is 2. The zero-order chi connectivity index (χ0) is 21.7. The summed E-state index contributed by atoms with van der Waals surface area (Å²) < 4.78 is 40.0. The van der Waals surface area contributed by atoms with Gasteiger partial charge in [-0.1, -0.05) is 40.2 Å². The summed E-state index contributed by atoms with van der Waals surface area (Å²) in [5.41, 5.74) is 2.19. The van der Waals surface area contributed by atoms with E-state index in [0.29, 0.717) is 21.8 Å². The second-order valence-electron chi connectivity index (χ2n) is 6.50. The van der Waals surface area contributed by atoms with Crippen LogP contribution in [0.25, 0.3) is 10.6 Å². The number of thiazole rings is 1. The monoisotopic (exact) mass is 493 g/mol. The average Bonchev–Trinajstić information content (AvgIpc) is 3.15. The van der Waals surface area contributed by atoms with E-state index in [4.69, 9.17) is 5.26 Å². The van der Waals surface area contributed by atoms with Crippen molar-refractivity contribution in [3.8, 4) is 16.6 Å². The van der Waals surface area contributed by atoms with Gasteiger partial charge in [0.25, 0.3) is 0 Å². The van der Waals surface area contributed by atoms with E-state index < -0.39 is 18.6 Å². The first-order valence-corrected chi connectivity index (χ1v) is 10.4. The molecule has 154 valence electrons. The van der Waals surface area contributed by atoms with E-state index in [-0.39, 0.29) is 13.0 Å². The van der Waals surface area contributed by atoms with Gasteiger partial charge in [0.05, 0.1) is 23.7 Å². The highest BCUT2D eigenvalue weighted by molar-refractivity contribution is 9.10. The van der Waals surface area contributed by atoms with Gasteiger partial charge in [-0.25, -0.2) is 4.98 Å². The molecule has 0 aliphatic carbocycles. The van der Waals surface area contributed by atoms with Gasteiger partial charge < -0.3 is 4.90 Å². The van der Waals surface area contributed by atoms with E-state index >= 15 is 0 Å². The van der Waals surface area contributed by atoms with Crippen LogP contribution >= 0.6 is 27.3 Å². The highest BCUT2D eigenvalue weighted by atomic mass is 79.9. The molecule has 0 radical (unpaired) electrons. The van der Waals surface area contributed by atoms with Crippen molar-refractivity contribution in [3.63, 3.8) is 0 Å². The van der Waals surface area contributed by atoms with Crippen molar-refractivity contribution in [1.82, 2.24) is 9.88 Å². The quantitative estimate of drug-likeness (QED) is 0.450. The zero-order valence-electron chi connectivity index (χ0n) is 15.5. The number of carbonyl (C=O) groups excluding carboxylic acids is 1. The lowest BCUT2D eigenvalue weighted by molar-refractivity contribution is -0.162. The Hall–Kier alpha value is -2.70. The highest BCUT2D eigenvalue weighted by Crippen LogP contribution is 2.27. The van der Waals surface area contributed by atoms with Gasteiger partial charge in [0.15, 0.2) is 0 Å². The molecule has 0 saturated carbocycles. The number of halogens is 4. The topological polar surface area (TPSA) is 57.0 Å². The Labute approximate surface area is 183 Å². The number of hydrogen-bond donors (Lipinski definition) is 0. The van der Waals surface area contributed by atoms with Crippen LogP contribution in [0.2, 0.25) is 0 Å². The molecule has 1 amide bonds. The van der Waals surface area contributed by atoms with Crippen molar-refractivity contribution >= 4 is 33.2 Å². The van der Waals surface area contributed by atoms with E-state index in [2.05, 4.69) is 20.9 Å². The van der Waals surface area contributed by atoms with Crippen molar-refractivity contribution in [2.75, 3.05) is 6.54 Å². The molecular weight excluding hydrogens is 479 g/mol. The van der Waals surface area contributed by atoms with Crippen molar-refractivity contribution in [2.45, 2.75) is 19.1 Å². The van der Waals surface area contributed by atoms with Gasteiger partial charge in [-0.2, -0.15) is 18.4 Å². The van der Waals surface area contributed by atoms with Crippen LogP contribution in [0.4, 0.5) is 13.2 Å². The van der Waals surface area contributed by atoms with E-state index in [1.165, 1.54) is 23.5 Å². The first-order valence-electron chi connectivity index (χ1n) is 8.77. The second kappa shape index (κ2) is 9.41. The van der Waals surface area contributed by atoms with Crippen LogP contribution in [0.3, 0.4) is 0 Å². The van der Waals surface area contributed by atoms with Gasteiger partial charge in [0.2, 0.25) is 5.91 Å². The molecule has 0 spiro atoms. The van der Waals surface area contributed by atoms with Crippen LogP contribution in [0.15, 0.2) is 58.4 Å². The summed E-state index contributed by atoms with van der Waals surface area (Å²) in [6, 6.07) is 15.5. The molecule has 0 saturated heterocycles. The summed E-state index contributed by atoms with van der Waals surface area (Å²) in [4.78, 5) is 17.8. The number of amides is 1. The molecule has 1 heterocycles. The summed E-state index contributed by atoms with van der Waals surface area (Å²) in [6.07, 6.45) is -4.75. The Bertz CT molecular complexity index is 1070. The Kier molecular flexibility index (Phi) is 6.90. The van der Waals surface area contributed by atoms with E-state index in [1.807, 2.05) is 30.3 Å². The summed E-state index contributed by atoms with van der Waals surface area (Å²) in [6.45, 7) is -1.55. The number of rotatable bonds is 6. The lowest BCUT2D eigenvalue weighted by atomic mass is 10.1. The average molecular weight is 494 g/mol. The summed E-state index contributed by atoms with van der Waals surface area (Å²) >= 11 is 4.72. The van der Waals surface area contributed by atoms with Crippen LogP contribution in [0, 0.1) is 11.3 Å². The molecule has 0 aliphatic rings. The molecule has 0 bridgehead atoms. The number of nitrogens with zero attached hydrogens (tertiary/aromatic N) is 3. The molecule has 1 aromatic heterocycles. The molecule has 30 heavy (non-hydrogen) atoms. The van der Waals surface area contributed by atoms with Crippen molar-refractivity contribution in [1.29, 1.82) is 5.26 Å². The van der Waals surface area contributed by atoms with E-state index in [1.54, 1.807) is 17.5 Å². The van der Waals surface area contributed by atoms with Crippen LogP contribution in [0.5, 0.6) is 0 Å². The number of aromatic nitrogens is 1. The first kappa shape index (κ1) is 22.0. The third-order valence-electron chi connectivity index (χ3n) is 4.13. The van der Waals surface area contributed by atoms with Crippen LogP contribution in [-0.2, 0) is 17.8 Å². The molecule has 3 aromatic rings. The largest absolute Gasteiger partial charge is 0.406 e. The maximum absolute atomic E-state index is 13.0. The van der Waals surface area contributed by atoms with Gasteiger partial charge in [-0.05, 0) is 29.8 Å². The lowest BCUT2D eigenvalue weighted by Gasteiger charge is -2.24. The molecule has 9 heteroatoms. The fourth-order valence-corrected chi connectivity index (χ4v) is 3.98. The molecular formula is C21H15BrF3N3OS. The van der Waals surface area contributed by atoms with Gasteiger partial charge in [-0.15, -0.1) is 11.3 Å². The molecule has 0 aliphatic heterocycles. The second-order valence-corrected chi connectivity index (χ2v) is 8.28. The van der Waals surface area contributed by atoms with E-state index in [9.17, 15) is 18.0 Å². The number of hydrogen-bond acceptors (Lipinski definition) is 4. The van der Waals surface area contributed by atoms with Crippen LogP contribution < -0.4 is 0 Å². The molecule has 2 aromatic carbocycles. The molecule has 3 rings (SSSR count). The van der Waals surface area contributed by atoms with Gasteiger partial charge in [-0.3, -0.25) is 4.79 Å². The van der Waals surface area contributed by atoms with Gasteiger partial charge in [0.1, 0.15) is 11.6 Å². The minimum atomic E-state index is -4.52. The van der Waals surface area contributed by atoms with Gasteiger partial charge in [0, 0.05) is 22.0 Å². The Balaban J connectivity index is 1.75. The van der Waals surface area contributed by atoms with Crippen LogP contribution in [0.1, 0.15) is 16.8 Å². The lowest BCUT2D eigenvalue weighted by Crippen LogP contribution is -2.39. The molecule has 0 fully saturated rings. The minimum absolute atomic E-state index is 0.202. The standard InChI is InChI=1S/C21H15BrF3N3OS/c22-17-3-1-2-16(8-17)20-27-18(12-30-20)9-19(29)28(13-21(23,24)25)11-15-6-4-14(10-26)5-7-15/h1-8,12H,9,11,13H2. The number of carbonyl (C=O) groups is 1. The Morgan fingerprint density at radius 1 is 1.20 bits per heavy atom. The SMILES string of the molecule is N#Cc1ccc(CN(CC(F)(F)F)C(=O)Cc2csc(-c3cccc(Br)c3)n2)cc1. The Morgan fingerprint density at radius 3 is 2.57 bits per heavy atom. The summed E-state index contributed by atoms with van der Waals surface area (Å²) in [5, 5.41) is 11.2. The highest BCUT2D eigenvalue weighted by Gasteiger charge is 2.33. The fourth-order valence-electron chi connectivity index (χ4n) is 2.76. The Morgan fingerprint density at radius 2 is 1.93 bits per heavy atom. The molecule has 0 atom stereocenters. The van der Waals surface area contributed by atoms with Crippen molar-refractivity contribution < 1.29 is 18.0 Å². The number of alkyl halides is 3. The van der Waals surface area contributed by atoms with Crippen molar-refractivity contribution in [2.24, 2.45) is 0 Å². The van der Waals surface area contributed by atoms with Crippen LogP contribution in [-0.4, -0.2) is 28.5 Å². The smallest absolute Gasteiger partial charge is 0.329 e. The molecule has 0 N–H and O–H groups in total. The summed E-state index contributed by atoms with van der Waals surface area (Å²) in [5.74, 6) is -0.664. The summed E-state index contributed by atoms with van der Waals surface area (Å²) in [7, 11) is 0.